The molecular formula is C21H28O3. The maximum atomic E-state index is 9.72. The molecular weight excluding hydrogens is 300 g/mol. The van der Waals surface area contributed by atoms with Gasteiger partial charge in [-0.2, -0.15) is 0 Å². The fourth-order valence-electron chi connectivity index (χ4n) is 2.42. The number of para-hydroxylation sites is 2. The molecule has 0 bridgehead atoms. The lowest BCUT2D eigenvalue weighted by molar-refractivity contribution is 0.104. The van der Waals surface area contributed by atoms with Crippen LogP contribution in [0.2, 0.25) is 0 Å². The first-order valence-corrected chi connectivity index (χ1v) is 8.84. The summed E-state index contributed by atoms with van der Waals surface area (Å²) in [5, 5.41) is 9.72. The van der Waals surface area contributed by atoms with Crippen LogP contribution in [0.1, 0.15) is 44.2 Å². The first kappa shape index (κ1) is 18.3. The van der Waals surface area contributed by atoms with Crippen molar-refractivity contribution in [2.45, 2.75) is 45.6 Å². The molecule has 1 N–H and O–H groups in total. The van der Waals surface area contributed by atoms with E-state index in [0.29, 0.717) is 13.0 Å². The van der Waals surface area contributed by atoms with Gasteiger partial charge in [-0.15, -0.1) is 0 Å². The third-order valence-corrected chi connectivity index (χ3v) is 3.98. The van der Waals surface area contributed by atoms with Crippen LogP contribution in [0.3, 0.4) is 0 Å². The Morgan fingerprint density at radius 3 is 2.04 bits per heavy atom. The van der Waals surface area contributed by atoms with Gasteiger partial charge in [-0.05, 0) is 36.1 Å². The van der Waals surface area contributed by atoms with Crippen LogP contribution < -0.4 is 9.47 Å². The topological polar surface area (TPSA) is 38.7 Å². The molecule has 0 saturated heterocycles. The Bertz CT molecular complexity index is 610. The van der Waals surface area contributed by atoms with Gasteiger partial charge in [0.2, 0.25) is 0 Å². The molecule has 0 fully saturated rings. The number of unbranched alkanes of at least 4 members (excludes halogenated alkanes) is 1. The second-order valence-corrected chi connectivity index (χ2v) is 5.97. The Labute approximate surface area is 145 Å². The van der Waals surface area contributed by atoms with Crippen LogP contribution in [0.5, 0.6) is 11.5 Å². The third-order valence-electron chi connectivity index (χ3n) is 3.98. The molecule has 1 unspecified atom stereocenters. The van der Waals surface area contributed by atoms with Crippen molar-refractivity contribution in [1.82, 2.24) is 0 Å². The lowest BCUT2D eigenvalue weighted by Gasteiger charge is -2.15. The van der Waals surface area contributed by atoms with Gasteiger partial charge in [0.1, 0.15) is 18.1 Å². The summed E-state index contributed by atoms with van der Waals surface area (Å²) >= 11 is 0. The number of aliphatic hydroxyl groups excluding tert-OH is 1. The fourth-order valence-corrected chi connectivity index (χ4v) is 2.42. The molecule has 0 radical (unpaired) electrons. The van der Waals surface area contributed by atoms with E-state index in [9.17, 15) is 5.11 Å². The maximum absolute atomic E-state index is 9.72. The van der Waals surface area contributed by atoms with E-state index in [1.807, 2.05) is 43.3 Å². The zero-order valence-electron chi connectivity index (χ0n) is 14.7. The van der Waals surface area contributed by atoms with Gasteiger partial charge >= 0.3 is 0 Å². The van der Waals surface area contributed by atoms with E-state index < -0.39 is 6.10 Å². The van der Waals surface area contributed by atoms with Gasteiger partial charge in [-0.1, -0.05) is 56.7 Å². The Hall–Kier alpha value is -2.00. The van der Waals surface area contributed by atoms with E-state index in [-0.39, 0.29) is 0 Å². The molecule has 2 aromatic carbocycles. The highest BCUT2D eigenvalue weighted by Gasteiger charge is 2.10. The number of hydrogen-bond donors (Lipinski definition) is 1. The summed E-state index contributed by atoms with van der Waals surface area (Å²) in [5.74, 6) is 1.77. The summed E-state index contributed by atoms with van der Waals surface area (Å²) < 4.78 is 11.7. The second kappa shape index (κ2) is 9.99. The second-order valence-electron chi connectivity index (χ2n) is 5.97. The van der Waals surface area contributed by atoms with Crippen molar-refractivity contribution in [3.8, 4) is 11.5 Å². The molecule has 1 atom stereocenters. The molecule has 0 aliphatic heterocycles. The summed E-state index contributed by atoms with van der Waals surface area (Å²) in [5.41, 5.74) is 2.26. The monoisotopic (exact) mass is 328 g/mol. The Morgan fingerprint density at radius 1 is 0.875 bits per heavy atom. The van der Waals surface area contributed by atoms with E-state index >= 15 is 0 Å². The van der Waals surface area contributed by atoms with E-state index in [1.165, 1.54) is 0 Å². The van der Waals surface area contributed by atoms with Crippen LogP contribution in [-0.4, -0.2) is 24.4 Å². The van der Waals surface area contributed by atoms with Crippen LogP contribution in [0.25, 0.3) is 0 Å². The molecule has 0 aliphatic rings. The van der Waals surface area contributed by atoms with E-state index in [4.69, 9.17) is 9.47 Å². The first-order valence-electron chi connectivity index (χ1n) is 8.84. The first-order chi connectivity index (χ1) is 11.7. The zero-order valence-corrected chi connectivity index (χ0v) is 14.7. The van der Waals surface area contributed by atoms with Crippen LogP contribution in [-0.2, 0) is 6.42 Å². The lowest BCUT2D eigenvalue weighted by atomic mass is 10.0. The summed E-state index contributed by atoms with van der Waals surface area (Å²) in [6.45, 7) is 5.17. The van der Waals surface area contributed by atoms with E-state index in [0.717, 1.165) is 48.5 Å². The Kier molecular flexibility index (Phi) is 7.63. The number of ether oxygens (including phenoxy) is 2. The van der Waals surface area contributed by atoms with Gasteiger partial charge < -0.3 is 14.6 Å². The van der Waals surface area contributed by atoms with Gasteiger partial charge in [0.05, 0.1) is 12.7 Å². The van der Waals surface area contributed by atoms with E-state index in [2.05, 4.69) is 19.1 Å². The van der Waals surface area contributed by atoms with Crippen LogP contribution >= 0.6 is 0 Å². The predicted molar refractivity (Wildman–Crippen MR) is 97.9 cm³/mol. The highest BCUT2D eigenvalue weighted by Crippen LogP contribution is 2.26. The van der Waals surface area contributed by atoms with Crippen LogP contribution in [0.15, 0.2) is 48.5 Å². The van der Waals surface area contributed by atoms with Gasteiger partial charge in [0, 0.05) is 6.42 Å². The average molecular weight is 328 g/mol. The molecule has 0 aliphatic carbocycles. The van der Waals surface area contributed by atoms with Crippen molar-refractivity contribution in [3.05, 3.63) is 59.7 Å². The largest absolute Gasteiger partial charge is 0.493 e. The molecule has 0 spiro atoms. The van der Waals surface area contributed by atoms with E-state index in [1.54, 1.807) is 0 Å². The molecule has 0 aromatic heterocycles. The highest BCUT2D eigenvalue weighted by molar-refractivity contribution is 5.42. The van der Waals surface area contributed by atoms with Crippen molar-refractivity contribution in [1.29, 1.82) is 0 Å². The maximum Gasteiger partial charge on any atom is 0.122 e. The molecule has 3 heteroatoms. The van der Waals surface area contributed by atoms with Gasteiger partial charge in [0.15, 0.2) is 0 Å². The number of aliphatic hydroxyl groups is 1. The summed E-state index contributed by atoms with van der Waals surface area (Å²) in [6, 6.07) is 16.2. The Morgan fingerprint density at radius 2 is 1.46 bits per heavy atom. The molecule has 2 aromatic rings. The molecule has 0 amide bonds. The minimum Gasteiger partial charge on any atom is -0.493 e. The third kappa shape index (κ3) is 5.57. The summed E-state index contributed by atoms with van der Waals surface area (Å²) in [4.78, 5) is 0. The Balaban J connectivity index is 2.10. The number of rotatable bonds is 10. The smallest absolute Gasteiger partial charge is 0.122 e. The van der Waals surface area contributed by atoms with Gasteiger partial charge in [0.25, 0.3) is 0 Å². The molecule has 3 nitrogen and oxygen atoms in total. The van der Waals surface area contributed by atoms with Crippen molar-refractivity contribution >= 4 is 0 Å². The number of benzene rings is 2. The zero-order chi connectivity index (χ0) is 17.2. The average Bonchev–Trinajstić information content (AvgIpc) is 2.62. The normalized spacial score (nSPS) is 12.0. The lowest BCUT2D eigenvalue weighted by Crippen LogP contribution is -2.16. The molecule has 0 saturated carbocycles. The molecule has 2 rings (SSSR count). The molecule has 0 heterocycles. The number of hydrogen-bond acceptors (Lipinski definition) is 3. The summed E-state index contributed by atoms with van der Waals surface area (Å²) in [7, 11) is 0. The van der Waals surface area contributed by atoms with Gasteiger partial charge in [-0.3, -0.25) is 0 Å². The minimum atomic E-state index is -0.428. The van der Waals surface area contributed by atoms with Gasteiger partial charge in [-0.25, -0.2) is 0 Å². The molecule has 130 valence electrons. The quantitative estimate of drug-likeness (QED) is 0.648. The van der Waals surface area contributed by atoms with Crippen LogP contribution in [0, 0.1) is 0 Å². The fraction of sp³-hybridized carbons (Fsp3) is 0.429. The van der Waals surface area contributed by atoms with Crippen molar-refractivity contribution in [2.24, 2.45) is 0 Å². The van der Waals surface area contributed by atoms with Crippen LogP contribution in [0.4, 0.5) is 0 Å². The van der Waals surface area contributed by atoms with Crippen molar-refractivity contribution in [2.75, 3.05) is 13.2 Å². The molecule has 24 heavy (non-hydrogen) atoms. The predicted octanol–water partition coefficient (Wildman–Crippen LogP) is 4.61. The standard InChI is InChI=1S/C21H28O3/c1-3-5-14-23-20-12-8-6-10-17(20)15-18-11-7-9-13-21(18)24-16-19(22)4-2/h6-13,19,22H,3-5,14-16H2,1-2H3. The highest BCUT2D eigenvalue weighted by atomic mass is 16.5. The minimum absolute atomic E-state index is 0.322. The van der Waals surface area contributed by atoms with Crippen molar-refractivity contribution < 1.29 is 14.6 Å². The summed E-state index contributed by atoms with van der Waals surface area (Å²) in [6.07, 6.45) is 3.20. The van der Waals surface area contributed by atoms with Crippen molar-refractivity contribution in [3.63, 3.8) is 0 Å². The SMILES string of the molecule is CCCCOc1ccccc1Cc1ccccc1OCC(O)CC.